The molecule has 0 radical (unpaired) electrons. The van der Waals surface area contributed by atoms with Gasteiger partial charge in [0.1, 0.15) is 21.8 Å². The highest BCUT2D eigenvalue weighted by molar-refractivity contribution is 7.98. The van der Waals surface area contributed by atoms with Crippen LogP contribution in [0.3, 0.4) is 0 Å². The van der Waals surface area contributed by atoms with Gasteiger partial charge in [0.2, 0.25) is 0 Å². The molecular weight excluding hydrogens is 376 g/mol. The van der Waals surface area contributed by atoms with E-state index >= 15 is 0 Å². The summed E-state index contributed by atoms with van der Waals surface area (Å²) in [7, 11) is 0. The van der Waals surface area contributed by atoms with Gasteiger partial charge in [-0.3, -0.25) is 0 Å². The summed E-state index contributed by atoms with van der Waals surface area (Å²) in [6.07, 6.45) is 6.07. The number of rotatable bonds is 4. The molecule has 136 valence electrons. The number of thiophene rings is 1. The zero-order valence-electron chi connectivity index (χ0n) is 14.9. The fourth-order valence-corrected chi connectivity index (χ4v) is 6.08. The molecule has 0 saturated carbocycles. The maximum absolute atomic E-state index is 12.0. The van der Waals surface area contributed by atoms with Crippen molar-refractivity contribution in [1.29, 1.82) is 0 Å². The van der Waals surface area contributed by atoms with Crippen LogP contribution in [0.25, 0.3) is 21.2 Å². The van der Waals surface area contributed by atoms with Crippen molar-refractivity contribution < 1.29 is 4.42 Å². The van der Waals surface area contributed by atoms with Gasteiger partial charge in [0.15, 0.2) is 0 Å². The van der Waals surface area contributed by atoms with Gasteiger partial charge < -0.3 is 4.42 Å². The third-order valence-corrected chi connectivity index (χ3v) is 7.37. The Morgan fingerprint density at radius 3 is 3.04 bits per heavy atom. The summed E-state index contributed by atoms with van der Waals surface area (Å²) in [4.78, 5) is 23.6. The van der Waals surface area contributed by atoms with Crippen molar-refractivity contribution in [2.24, 2.45) is 0 Å². The van der Waals surface area contributed by atoms with Crippen molar-refractivity contribution >= 4 is 44.3 Å². The van der Waals surface area contributed by atoms with E-state index in [-0.39, 0.29) is 5.63 Å². The molecule has 0 spiro atoms. The molecule has 1 aliphatic carbocycles. The molecule has 0 N–H and O–H groups in total. The molecule has 27 heavy (non-hydrogen) atoms. The zero-order valence-corrected chi connectivity index (χ0v) is 16.6. The summed E-state index contributed by atoms with van der Waals surface area (Å²) in [6, 6.07) is 7.74. The van der Waals surface area contributed by atoms with Crippen LogP contribution in [0.1, 0.15) is 34.9 Å². The molecule has 3 aromatic heterocycles. The monoisotopic (exact) mass is 394 g/mol. The van der Waals surface area contributed by atoms with E-state index in [0.717, 1.165) is 40.1 Å². The number of hydrogen-bond acceptors (Lipinski definition) is 6. The van der Waals surface area contributed by atoms with Gasteiger partial charge in [-0.15, -0.1) is 23.1 Å². The van der Waals surface area contributed by atoms with E-state index in [0.29, 0.717) is 11.3 Å². The van der Waals surface area contributed by atoms with Crippen LogP contribution in [-0.4, -0.2) is 9.97 Å². The van der Waals surface area contributed by atoms with Gasteiger partial charge in [0.05, 0.1) is 0 Å². The Morgan fingerprint density at radius 2 is 2.15 bits per heavy atom. The van der Waals surface area contributed by atoms with Crippen molar-refractivity contribution in [1.82, 2.24) is 9.97 Å². The first-order valence-corrected chi connectivity index (χ1v) is 11.0. The van der Waals surface area contributed by atoms with E-state index in [4.69, 9.17) is 4.42 Å². The number of benzene rings is 1. The van der Waals surface area contributed by atoms with Gasteiger partial charge in [-0.1, -0.05) is 19.1 Å². The predicted octanol–water partition coefficient (Wildman–Crippen LogP) is 5.14. The minimum atomic E-state index is -0.296. The van der Waals surface area contributed by atoms with Gasteiger partial charge in [0, 0.05) is 27.5 Å². The molecule has 0 amide bonds. The lowest BCUT2D eigenvalue weighted by Gasteiger charge is -2.07. The normalized spacial score (nSPS) is 13.5. The van der Waals surface area contributed by atoms with Gasteiger partial charge in [-0.2, -0.15) is 0 Å². The Bertz CT molecular complexity index is 1230. The molecule has 0 aliphatic heterocycles. The Kier molecular flexibility index (Phi) is 4.25. The Balaban J connectivity index is 1.54. The maximum atomic E-state index is 12.0. The van der Waals surface area contributed by atoms with Crippen molar-refractivity contribution in [3.05, 3.63) is 62.6 Å². The second-order valence-electron chi connectivity index (χ2n) is 6.78. The summed E-state index contributed by atoms with van der Waals surface area (Å²) in [6.45, 7) is 2.10. The first-order valence-electron chi connectivity index (χ1n) is 9.16. The first-order chi connectivity index (χ1) is 13.2. The lowest BCUT2D eigenvalue weighted by Crippen LogP contribution is -2.00. The molecule has 4 nitrogen and oxygen atoms in total. The minimum absolute atomic E-state index is 0.296. The van der Waals surface area contributed by atoms with Gasteiger partial charge in [-0.25, -0.2) is 14.8 Å². The molecule has 0 bridgehead atoms. The van der Waals surface area contributed by atoms with E-state index < -0.39 is 0 Å². The molecule has 5 rings (SSSR count). The molecule has 0 atom stereocenters. The number of nitrogens with zero attached hydrogens (tertiary/aromatic N) is 2. The van der Waals surface area contributed by atoms with Crippen LogP contribution in [0.5, 0.6) is 0 Å². The largest absolute Gasteiger partial charge is 0.423 e. The summed E-state index contributed by atoms with van der Waals surface area (Å²) in [5, 5.41) is 3.24. The number of thioether (sulfide) groups is 1. The van der Waals surface area contributed by atoms with E-state index in [2.05, 4.69) is 29.0 Å². The fourth-order valence-electron chi connectivity index (χ4n) is 3.77. The Morgan fingerprint density at radius 1 is 1.22 bits per heavy atom. The summed E-state index contributed by atoms with van der Waals surface area (Å²) in [5.74, 6) is 0.685. The number of aromatic nitrogens is 2. The van der Waals surface area contributed by atoms with Crippen LogP contribution in [-0.2, 0) is 25.0 Å². The highest BCUT2D eigenvalue weighted by Crippen LogP contribution is 2.40. The number of hydrogen-bond donors (Lipinski definition) is 0. The first kappa shape index (κ1) is 17.0. The van der Waals surface area contributed by atoms with Gasteiger partial charge >= 0.3 is 5.63 Å². The minimum Gasteiger partial charge on any atom is -0.423 e. The van der Waals surface area contributed by atoms with Crippen molar-refractivity contribution in [2.45, 2.75) is 43.4 Å². The summed E-state index contributed by atoms with van der Waals surface area (Å²) < 4.78 is 5.43. The smallest absolute Gasteiger partial charge is 0.336 e. The molecule has 3 heterocycles. The quantitative estimate of drug-likeness (QED) is 0.272. The third-order valence-electron chi connectivity index (χ3n) is 5.13. The maximum Gasteiger partial charge on any atom is 0.336 e. The van der Waals surface area contributed by atoms with Crippen LogP contribution in [0.2, 0.25) is 0 Å². The average molecular weight is 395 g/mol. The molecule has 0 saturated heterocycles. The summed E-state index contributed by atoms with van der Waals surface area (Å²) in [5.41, 5.74) is 3.97. The van der Waals surface area contributed by atoms with E-state index in [1.807, 2.05) is 6.07 Å². The fraction of sp³-hybridized carbons (Fsp3) is 0.286. The molecule has 1 aromatic carbocycles. The van der Waals surface area contributed by atoms with Crippen LogP contribution >= 0.6 is 23.1 Å². The van der Waals surface area contributed by atoms with Gasteiger partial charge in [-0.05, 0) is 48.4 Å². The van der Waals surface area contributed by atoms with Crippen LogP contribution in [0, 0.1) is 0 Å². The molecular formula is C21H18N2O2S2. The van der Waals surface area contributed by atoms with Crippen molar-refractivity contribution in [3.8, 4) is 0 Å². The Labute approximate surface area is 164 Å². The molecule has 6 heteroatoms. The lowest BCUT2D eigenvalue weighted by molar-refractivity contribution is 0.559. The van der Waals surface area contributed by atoms with Crippen LogP contribution < -0.4 is 5.63 Å². The standard InChI is InChI=1S/C21H18N2O2S2/c1-2-12-6-7-14-13(9-18(24)25-16(14)8-12)10-26-20-19-15-4-3-5-17(15)27-21(19)23-11-22-20/h6-9,11H,2-5,10H2,1H3. The van der Waals surface area contributed by atoms with E-state index in [9.17, 15) is 4.79 Å². The molecule has 0 fully saturated rings. The highest BCUT2D eigenvalue weighted by atomic mass is 32.2. The van der Waals surface area contributed by atoms with Crippen LogP contribution in [0.15, 0.2) is 44.8 Å². The van der Waals surface area contributed by atoms with Crippen molar-refractivity contribution in [3.63, 3.8) is 0 Å². The molecule has 4 aromatic rings. The molecule has 0 unspecified atom stereocenters. The van der Waals surface area contributed by atoms with E-state index in [1.165, 1.54) is 27.8 Å². The molecule has 1 aliphatic rings. The van der Waals surface area contributed by atoms with Crippen molar-refractivity contribution in [2.75, 3.05) is 0 Å². The average Bonchev–Trinajstić information content (AvgIpc) is 3.26. The second kappa shape index (κ2) is 6.77. The zero-order chi connectivity index (χ0) is 18.4. The summed E-state index contributed by atoms with van der Waals surface area (Å²) >= 11 is 3.48. The van der Waals surface area contributed by atoms with Crippen LogP contribution in [0.4, 0.5) is 0 Å². The third kappa shape index (κ3) is 2.97. The number of fused-ring (bicyclic) bond motifs is 4. The SMILES string of the molecule is CCc1ccc2c(CSc3ncnc4sc5c(c34)CCC5)cc(=O)oc2c1. The lowest BCUT2D eigenvalue weighted by atomic mass is 10.1. The highest BCUT2D eigenvalue weighted by Gasteiger charge is 2.21. The number of aryl methyl sites for hydroxylation is 3. The van der Waals surface area contributed by atoms with Gasteiger partial charge in [0.25, 0.3) is 0 Å². The predicted molar refractivity (Wildman–Crippen MR) is 111 cm³/mol. The topological polar surface area (TPSA) is 56.0 Å². The Hall–Kier alpha value is -2.18. The second-order valence-corrected chi connectivity index (χ2v) is 8.83. The van der Waals surface area contributed by atoms with E-state index in [1.54, 1.807) is 35.5 Å².